The van der Waals surface area contributed by atoms with Crippen molar-refractivity contribution in [3.8, 4) is 5.75 Å². The number of benzene rings is 2. The maximum absolute atomic E-state index is 11.8. The molecule has 3 aromatic rings. The maximum Gasteiger partial charge on any atom is 0.513 e. The minimum absolute atomic E-state index is 0.534. The van der Waals surface area contributed by atoms with Crippen LogP contribution in [0.4, 0.5) is 10.6 Å². The first kappa shape index (κ1) is 21.8. The van der Waals surface area contributed by atoms with Gasteiger partial charge in [-0.1, -0.05) is 30.3 Å². The van der Waals surface area contributed by atoms with Gasteiger partial charge in [0.1, 0.15) is 11.5 Å². The third-order valence-corrected chi connectivity index (χ3v) is 6.25. The molecular weight excluding hydrogens is 432 g/mol. The van der Waals surface area contributed by atoms with Crippen LogP contribution in [0.5, 0.6) is 5.75 Å². The lowest BCUT2D eigenvalue weighted by Gasteiger charge is -2.12. The predicted molar refractivity (Wildman–Crippen MR) is 128 cm³/mol. The van der Waals surface area contributed by atoms with Crippen molar-refractivity contribution in [1.29, 1.82) is 0 Å². The standard InChI is InChI=1S/C27H26N2O5/c1-32-27(30)34-24-17-20-7-4-6-19-14-21-15-22(10-9-18(21)16-23(24)26(19)20)33-13-5-11-28-25-8-2-3-12-29(25)31/h2-4,6-10,12,15,28H,5,11,13-14,16-17H2,1H3. The van der Waals surface area contributed by atoms with Gasteiger partial charge in [0.25, 0.3) is 5.82 Å². The van der Waals surface area contributed by atoms with Gasteiger partial charge in [-0.2, -0.15) is 0 Å². The van der Waals surface area contributed by atoms with Gasteiger partial charge < -0.3 is 19.4 Å². The predicted octanol–water partition coefficient (Wildman–Crippen LogP) is 4.40. The average molecular weight is 459 g/mol. The Labute approximate surface area is 198 Å². The summed E-state index contributed by atoms with van der Waals surface area (Å²) in [6.45, 7) is 1.19. The zero-order valence-electron chi connectivity index (χ0n) is 19.0. The number of nitrogens with zero attached hydrogens (tertiary/aromatic N) is 1. The molecule has 1 heterocycles. The molecule has 0 amide bonds. The molecule has 0 atom stereocenters. The molecule has 2 aliphatic carbocycles. The quantitative estimate of drug-likeness (QED) is 0.245. The first-order valence-electron chi connectivity index (χ1n) is 11.4. The van der Waals surface area contributed by atoms with E-state index < -0.39 is 6.16 Å². The minimum Gasteiger partial charge on any atom is -0.711 e. The molecule has 0 aliphatic heterocycles. The van der Waals surface area contributed by atoms with Crippen LogP contribution in [0.3, 0.4) is 0 Å². The van der Waals surface area contributed by atoms with Gasteiger partial charge in [0, 0.05) is 30.9 Å². The summed E-state index contributed by atoms with van der Waals surface area (Å²) < 4.78 is 17.0. The number of pyridine rings is 1. The highest BCUT2D eigenvalue weighted by molar-refractivity contribution is 5.82. The molecule has 0 saturated heterocycles. The Morgan fingerprint density at radius 1 is 1.00 bits per heavy atom. The highest BCUT2D eigenvalue weighted by atomic mass is 16.7. The van der Waals surface area contributed by atoms with Gasteiger partial charge in [-0.25, -0.2) is 9.52 Å². The fourth-order valence-electron chi connectivity index (χ4n) is 4.65. The van der Waals surface area contributed by atoms with E-state index in [1.807, 2.05) is 12.1 Å². The number of allylic oxidation sites excluding steroid dienone is 2. The molecule has 5 rings (SSSR count). The van der Waals surface area contributed by atoms with E-state index in [4.69, 9.17) is 14.2 Å². The number of hydrogen-bond donors (Lipinski definition) is 1. The third-order valence-electron chi connectivity index (χ3n) is 6.25. The van der Waals surface area contributed by atoms with Crippen molar-refractivity contribution in [2.24, 2.45) is 0 Å². The summed E-state index contributed by atoms with van der Waals surface area (Å²) in [5, 5.41) is 14.8. The summed E-state index contributed by atoms with van der Waals surface area (Å²) in [5.74, 6) is 2.03. The zero-order valence-corrected chi connectivity index (χ0v) is 19.0. The van der Waals surface area contributed by atoms with Gasteiger partial charge in [-0.15, -0.1) is 0 Å². The van der Waals surface area contributed by atoms with Crippen LogP contribution in [0.15, 0.2) is 66.6 Å². The minimum atomic E-state index is -0.683. The van der Waals surface area contributed by atoms with Gasteiger partial charge in [-0.05, 0) is 52.4 Å². The molecule has 0 radical (unpaired) electrons. The number of ether oxygens (including phenoxy) is 3. The summed E-state index contributed by atoms with van der Waals surface area (Å²) in [4.78, 5) is 11.8. The van der Waals surface area contributed by atoms with Crippen molar-refractivity contribution in [2.75, 3.05) is 25.6 Å². The Hall–Kier alpha value is -4.00. The summed E-state index contributed by atoms with van der Waals surface area (Å²) in [7, 11) is 1.32. The van der Waals surface area contributed by atoms with Crippen LogP contribution < -0.4 is 14.8 Å². The second-order valence-corrected chi connectivity index (χ2v) is 8.41. The van der Waals surface area contributed by atoms with E-state index in [1.165, 1.54) is 41.1 Å². The second-order valence-electron chi connectivity index (χ2n) is 8.41. The van der Waals surface area contributed by atoms with Gasteiger partial charge in [0.2, 0.25) is 0 Å². The van der Waals surface area contributed by atoms with Gasteiger partial charge >= 0.3 is 6.16 Å². The lowest BCUT2D eigenvalue weighted by atomic mass is 9.97. The van der Waals surface area contributed by atoms with Crippen molar-refractivity contribution in [2.45, 2.75) is 25.7 Å². The smallest absolute Gasteiger partial charge is 0.513 e. The molecule has 34 heavy (non-hydrogen) atoms. The Morgan fingerprint density at radius 3 is 2.68 bits per heavy atom. The molecule has 2 aliphatic rings. The third kappa shape index (κ3) is 4.41. The van der Waals surface area contributed by atoms with Crippen molar-refractivity contribution in [3.05, 3.63) is 99.6 Å². The molecule has 1 N–H and O–H groups in total. The topological polar surface area (TPSA) is 83.7 Å². The highest BCUT2D eigenvalue weighted by Crippen LogP contribution is 2.42. The number of rotatable bonds is 7. The number of anilines is 1. The molecule has 0 saturated carbocycles. The SMILES string of the molecule is COC(=O)OC1=C2Cc3ccc(OCCCNc4cccc[n+]4[O-])cc3Cc3cccc(c32)C1. The molecular formula is C27H26N2O5. The van der Waals surface area contributed by atoms with E-state index >= 15 is 0 Å². The van der Waals surface area contributed by atoms with Crippen LogP contribution >= 0.6 is 0 Å². The first-order chi connectivity index (χ1) is 16.6. The Balaban J connectivity index is 1.28. The van der Waals surface area contributed by atoms with E-state index in [0.717, 1.165) is 28.9 Å². The normalized spacial score (nSPS) is 13.6. The summed E-state index contributed by atoms with van der Waals surface area (Å²) in [6, 6.07) is 17.8. The molecule has 0 bridgehead atoms. The van der Waals surface area contributed by atoms with E-state index in [1.54, 1.807) is 12.1 Å². The van der Waals surface area contributed by atoms with Crippen LogP contribution in [0, 0.1) is 5.21 Å². The maximum atomic E-state index is 11.8. The first-order valence-corrected chi connectivity index (χ1v) is 11.4. The van der Waals surface area contributed by atoms with Crippen LogP contribution in [-0.4, -0.2) is 26.4 Å². The number of carbonyl (C=O) groups is 1. The molecule has 7 nitrogen and oxygen atoms in total. The number of carbonyl (C=O) groups excluding carboxylic acids is 1. The fourth-order valence-corrected chi connectivity index (χ4v) is 4.65. The number of hydrogen-bond acceptors (Lipinski definition) is 6. The Morgan fingerprint density at radius 2 is 1.85 bits per heavy atom. The average Bonchev–Trinajstić information content (AvgIpc) is 3.08. The molecule has 1 aromatic heterocycles. The van der Waals surface area contributed by atoms with Gasteiger partial charge in [0.05, 0.1) is 26.5 Å². The zero-order chi connectivity index (χ0) is 23.5. The lowest BCUT2D eigenvalue weighted by molar-refractivity contribution is -0.590. The molecule has 0 spiro atoms. The second kappa shape index (κ2) is 9.47. The van der Waals surface area contributed by atoms with E-state index in [-0.39, 0.29) is 0 Å². The molecule has 0 fully saturated rings. The van der Waals surface area contributed by atoms with Crippen molar-refractivity contribution < 1.29 is 23.7 Å². The lowest BCUT2D eigenvalue weighted by Crippen LogP contribution is -2.30. The highest BCUT2D eigenvalue weighted by Gasteiger charge is 2.30. The summed E-state index contributed by atoms with van der Waals surface area (Å²) in [5.41, 5.74) is 7.07. The Bertz CT molecular complexity index is 1270. The van der Waals surface area contributed by atoms with Gasteiger partial charge in [0.15, 0.2) is 0 Å². The van der Waals surface area contributed by atoms with Crippen LogP contribution in [0.2, 0.25) is 0 Å². The molecule has 2 aromatic carbocycles. The van der Waals surface area contributed by atoms with Crippen molar-refractivity contribution in [1.82, 2.24) is 0 Å². The number of nitrogens with one attached hydrogen (secondary N) is 1. The molecule has 174 valence electrons. The van der Waals surface area contributed by atoms with E-state index in [9.17, 15) is 10.0 Å². The van der Waals surface area contributed by atoms with E-state index in [2.05, 4.69) is 35.6 Å². The molecule has 0 unspecified atom stereocenters. The van der Waals surface area contributed by atoms with Crippen molar-refractivity contribution in [3.63, 3.8) is 0 Å². The Kier molecular flexibility index (Phi) is 6.08. The van der Waals surface area contributed by atoms with Crippen LogP contribution in [0.1, 0.15) is 34.2 Å². The van der Waals surface area contributed by atoms with Crippen LogP contribution in [-0.2, 0) is 28.7 Å². The van der Waals surface area contributed by atoms with E-state index in [0.29, 0.717) is 37.6 Å². The summed E-state index contributed by atoms with van der Waals surface area (Å²) in [6.07, 6.45) is 3.65. The number of methoxy groups -OCH3 is 1. The largest absolute Gasteiger partial charge is 0.711 e. The molecule has 7 heteroatoms. The number of fused-ring (bicyclic) bond motifs is 1. The van der Waals surface area contributed by atoms with Crippen molar-refractivity contribution >= 4 is 17.5 Å². The monoisotopic (exact) mass is 458 g/mol. The van der Waals surface area contributed by atoms with Gasteiger partial charge in [-0.3, -0.25) is 5.32 Å². The number of aromatic nitrogens is 1. The summed E-state index contributed by atoms with van der Waals surface area (Å²) >= 11 is 0. The van der Waals surface area contributed by atoms with Crippen LogP contribution in [0.25, 0.3) is 5.57 Å². The fraction of sp³-hybridized carbons (Fsp3) is 0.259.